The van der Waals surface area contributed by atoms with E-state index in [4.69, 9.17) is 4.74 Å². The Labute approximate surface area is 198 Å². The van der Waals surface area contributed by atoms with Gasteiger partial charge in [0.1, 0.15) is 5.75 Å². The van der Waals surface area contributed by atoms with Crippen LogP contribution < -0.4 is 4.74 Å². The maximum atomic E-state index is 13.4. The standard InChI is InChI=1S/C26H21F6NO2/c1-33(2)15-22(17-8-6-7-16(11-17)21-9-4-5-10-23(21)35-3)24(34)18-12-19(25(27,28)29)14-20(13-18)26(30,31)32/h4-15H,1-3H3. The number of ether oxygens (including phenoxy) is 1. The summed E-state index contributed by atoms with van der Waals surface area (Å²) in [6.07, 6.45) is -8.77. The van der Waals surface area contributed by atoms with E-state index >= 15 is 0 Å². The zero-order chi connectivity index (χ0) is 26.0. The Morgan fingerprint density at radius 1 is 0.800 bits per heavy atom. The molecule has 0 heterocycles. The van der Waals surface area contributed by atoms with Crippen molar-refractivity contribution in [2.75, 3.05) is 21.2 Å². The van der Waals surface area contributed by atoms with Gasteiger partial charge in [0.2, 0.25) is 0 Å². The van der Waals surface area contributed by atoms with Crippen LogP contribution in [-0.4, -0.2) is 31.9 Å². The van der Waals surface area contributed by atoms with Crippen molar-refractivity contribution in [3.63, 3.8) is 0 Å². The Hall–Kier alpha value is -3.75. The van der Waals surface area contributed by atoms with E-state index in [0.717, 1.165) is 0 Å². The number of methoxy groups -OCH3 is 1. The van der Waals surface area contributed by atoms with Crippen LogP contribution in [0.2, 0.25) is 0 Å². The van der Waals surface area contributed by atoms with Gasteiger partial charge < -0.3 is 9.64 Å². The lowest BCUT2D eigenvalue weighted by atomic mass is 9.92. The van der Waals surface area contributed by atoms with Crippen LogP contribution in [0.15, 0.2) is 72.9 Å². The molecule has 0 radical (unpaired) electrons. The number of hydrogen-bond donors (Lipinski definition) is 0. The lowest BCUT2D eigenvalue weighted by molar-refractivity contribution is -0.143. The molecule has 0 saturated heterocycles. The third-order valence-electron chi connectivity index (χ3n) is 5.07. The van der Waals surface area contributed by atoms with E-state index in [-0.39, 0.29) is 11.6 Å². The summed E-state index contributed by atoms with van der Waals surface area (Å²) in [7, 11) is 4.67. The summed E-state index contributed by atoms with van der Waals surface area (Å²) in [5.41, 5.74) is -2.23. The summed E-state index contributed by atoms with van der Waals surface area (Å²) >= 11 is 0. The Kier molecular flexibility index (Phi) is 7.28. The maximum Gasteiger partial charge on any atom is 0.416 e. The molecule has 0 amide bonds. The highest BCUT2D eigenvalue weighted by Crippen LogP contribution is 2.38. The van der Waals surface area contributed by atoms with Gasteiger partial charge in [-0.2, -0.15) is 26.3 Å². The van der Waals surface area contributed by atoms with Gasteiger partial charge in [0.15, 0.2) is 5.78 Å². The van der Waals surface area contributed by atoms with E-state index in [9.17, 15) is 31.1 Å². The van der Waals surface area contributed by atoms with Crippen LogP contribution in [0.25, 0.3) is 16.7 Å². The van der Waals surface area contributed by atoms with Gasteiger partial charge >= 0.3 is 12.4 Å². The number of Topliss-reactive ketones (excluding diaryl/α,β-unsaturated/α-hetero) is 1. The molecule has 0 bridgehead atoms. The molecule has 35 heavy (non-hydrogen) atoms. The number of rotatable bonds is 6. The van der Waals surface area contributed by atoms with Gasteiger partial charge in [-0.05, 0) is 41.5 Å². The third-order valence-corrected chi connectivity index (χ3v) is 5.07. The van der Waals surface area contributed by atoms with Gasteiger partial charge in [-0.1, -0.05) is 36.4 Å². The maximum absolute atomic E-state index is 13.4. The SMILES string of the molecule is COc1ccccc1-c1cccc(C(=CN(C)C)C(=O)c2cc(C(F)(F)F)cc(C(F)(F)F)c2)c1. The molecule has 0 aliphatic rings. The van der Waals surface area contributed by atoms with E-state index in [1.54, 1.807) is 62.6 Å². The molecular weight excluding hydrogens is 472 g/mol. The number of hydrogen-bond acceptors (Lipinski definition) is 3. The summed E-state index contributed by atoms with van der Waals surface area (Å²) in [6, 6.07) is 14.5. The molecule has 3 aromatic rings. The largest absolute Gasteiger partial charge is 0.496 e. The van der Waals surface area contributed by atoms with Crippen LogP contribution in [-0.2, 0) is 12.4 Å². The fourth-order valence-corrected chi connectivity index (χ4v) is 3.50. The Balaban J connectivity index is 2.17. The Morgan fingerprint density at radius 3 is 1.94 bits per heavy atom. The molecule has 9 heteroatoms. The lowest BCUT2D eigenvalue weighted by Crippen LogP contribution is -2.15. The number of halogens is 6. The molecule has 3 nitrogen and oxygen atoms in total. The van der Waals surface area contributed by atoms with Crippen LogP contribution in [0.1, 0.15) is 27.0 Å². The molecular formula is C26H21F6NO2. The highest BCUT2D eigenvalue weighted by atomic mass is 19.4. The molecule has 0 spiro atoms. The molecule has 0 atom stereocenters. The predicted molar refractivity (Wildman–Crippen MR) is 121 cm³/mol. The molecule has 0 aliphatic heterocycles. The summed E-state index contributed by atoms with van der Waals surface area (Å²) in [6.45, 7) is 0. The minimum absolute atomic E-state index is 0.00554. The Morgan fingerprint density at radius 2 is 1.40 bits per heavy atom. The van der Waals surface area contributed by atoms with Gasteiger partial charge in [-0.3, -0.25) is 4.79 Å². The van der Waals surface area contributed by atoms with E-state index in [1.807, 2.05) is 0 Å². The molecule has 184 valence electrons. The van der Waals surface area contributed by atoms with Crippen molar-refractivity contribution in [2.24, 2.45) is 0 Å². The van der Waals surface area contributed by atoms with Crippen molar-refractivity contribution >= 4 is 11.4 Å². The molecule has 3 aromatic carbocycles. The van der Waals surface area contributed by atoms with Crippen molar-refractivity contribution in [3.8, 4) is 16.9 Å². The van der Waals surface area contributed by atoms with Crippen molar-refractivity contribution in [1.29, 1.82) is 0 Å². The number of ketones is 1. The number of para-hydroxylation sites is 1. The molecule has 0 aromatic heterocycles. The van der Waals surface area contributed by atoms with Gasteiger partial charge in [0.05, 0.1) is 18.2 Å². The first kappa shape index (κ1) is 25.9. The molecule has 0 unspecified atom stereocenters. The topological polar surface area (TPSA) is 29.5 Å². The predicted octanol–water partition coefficient (Wildman–Crippen LogP) is 7.19. The van der Waals surface area contributed by atoms with Crippen LogP contribution in [0.3, 0.4) is 0 Å². The van der Waals surface area contributed by atoms with E-state index in [2.05, 4.69) is 0 Å². The second-order valence-corrected chi connectivity index (χ2v) is 7.91. The highest BCUT2D eigenvalue weighted by molar-refractivity contribution is 6.29. The first-order chi connectivity index (χ1) is 16.3. The second kappa shape index (κ2) is 9.85. The van der Waals surface area contributed by atoms with Crippen LogP contribution in [0.5, 0.6) is 5.75 Å². The minimum atomic E-state index is -5.06. The number of nitrogens with zero attached hydrogens (tertiary/aromatic N) is 1. The fraction of sp³-hybridized carbons (Fsp3) is 0.192. The van der Waals surface area contributed by atoms with Gasteiger partial charge in [0, 0.05) is 37.0 Å². The van der Waals surface area contributed by atoms with Crippen molar-refractivity contribution < 1.29 is 35.9 Å². The summed E-state index contributed by atoms with van der Waals surface area (Å²) in [5, 5.41) is 0. The van der Waals surface area contributed by atoms with Crippen LogP contribution in [0, 0.1) is 0 Å². The fourth-order valence-electron chi connectivity index (χ4n) is 3.50. The average Bonchev–Trinajstić information content (AvgIpc) is 2.80. The van der Waals surface area contributed by atoms with Gasteiger partial charge in [-0.25, -0.2) is 0 Å². The zero-order valence-corrected chi connectivity index (χ0v) is 19.0. The monoisotopic (exact) mass is 493 g/mol. The van der Waals surface area contributed by atoms with Gasteiger partial charge in [0.25, 0.3) is 0 Å². The lowest BCUT2D eigenvalue weighted by Gasteiger charge is -2.17. The average molecular weight is 493 g/mol. The normalized spacial score (nSPS) is 12.4. The smallest absolute Gasteiger partial charge is 0.416 e. The number of carbonyl (C=O) groups is 1. The van der Waals surface area contributed by atoms with Crippen molar-refractivity contribution in [3.05, 3.63) is 95.2 Å². The molecule has 0 fully saturated rings. The minimum Gasteiger partial charge on any atom is -0.496 e. The van der Waals surface area contributed by atoms with E-state index < -0.39 is 34.8 Å². The second-order valence-electron chi connectivity index (χ2n) is 7.91. The van der Waals surface area contributed by atoms with Gasteiger partial charge in [-0.15, -0.1) is 0 Å². The van der Waals surface area contributed by atoms with Crippen LogP contribution in [0.4, 0.5) is 26.3 Å². The van der Waals surface area contributed by atoms with Crippen LogP contribution >= 0.6 is 0 Å². The zero-order valence-electron chi connectivity index (χ0n) is 19.0. The first-order valence-electron chi connectivity index (χ1n) is 10.3. The number of carbonyl (C=O) groups excluding carboxylic acids is 1. The molecule has 3 rings (SSSR count). The number of alkyl halides is 6. The summed E-state index contributed by atoms with van der Waals surface area (Å²) < 4.78 is 85.4. The van der Waals surface area contributed by atoms with E-state index in [1.165, 1.54) is 18.2 Å². The quantitative estimate of drug-likeness (QED) is 0.207. The first-order valence-corrected chi connectivity index (χ1v) is 10.3. The molecule has 0 aliphatic carbocycles. The summed E-state index contributed by atoms with van der Waals surface area (Å²) in [5.74, 6) is -0.422. The number of benzene rings is 3. The molecule has 0 saturated carbocycles. The number of allylic oxidation sites excluding steroid dienone is 1. The van der Waals surface area contributed by atoms with Crippen molar-refractivity contribution in [1.82, 2.24) is 4.90 Å². The molecule has 0 N–H and O–H groups in total. The van der Waals surface area contributed by atoms with Crippen molar-refractivity contribution in [2.45, 2.75) is 12.4 Å². The highest BCUT2D eigenvalue weighted by Gasteiger charge is 2.37. The summed E-state index contributed by atoms with van der Waals surface area (Å²) in [4.78, 5) is 14.8. The Bertz CT molecular complexity index is 1230. The third kappa shape index (κ3) is 6.03. The van der Waals surface area contributed by atoms with E-state index in [0.29, 0.717) is 34.6 Å².